The average molecular weight is 167 g/mol. The van der Waals surface area contributed by atoms with Gasteiger partial charge in [-0.1, -0.05) is 0 Å². The van der Waals surface area contributed by atoms with E-state index in [-0.39, 0.29) is 18.2 Å². The van der Waals surface area contributed by atoms with Gasteiger partial charge in [0.15, 0.2) is 0 Å². The summed E-state index contributed by atoms with van der Waals surface area (Å²) < 4.78 is 0. The van der Waals surface area contributed by atoms with Gasteiger partial charge in [0.1, 0.15) is 5.78 Å². The van der Waals surface area contributed by atoms with E-state index < -0.39 is 0 Å². The lowest BCUT2D eigenvalue weighted by Gasteiger charge is -1.97. The van der Waals surface area contributed by atoms with Crippen molar-refractivity contribution in [3.63, 3.8) is 0 Å². The lowest BCUT2D eigenvalue weighted by Crippen LogP contribution is -2.27. The summed E-state index contributed by atoms with van der Waals surface area (Å²) in [5, 5.41) is 8.54. The summed E-state index contributed by atoms with van der Waals surface area (Å²) in [5.74, 6) is -0.370. The zero-order chi connectivity index (χ0) is 8.97. The molecule has 1 rings (SSSR count). The Morgan fingerprint density at radius 1 is 1.67 bits per heavy atom. The van der Waals surface area contributed by atoms with E-state index in [0.29, 0.717) is 5.56 Å². The molecule has 0 unspecified atom stereocenters. The monoisotopic (exact) mass is 167 g/mol. The van der Waals surface area contributed by atoms with Crippen molar-refractivity contribution in [1.29, 1.82) is 0 Å². The molecule has 0 fully saturated rings. The lowest BCUT2D eigenvalue weighted by atomic mass is 10.3. The van der Waals surface area contributed by atoms with Crippen molar-refractivity contribution in [1.82, 2.24) is 15.5 Å². The first-order valence-electron chi connectivity index (χ1n) is 3.46. The minimum Gasteiger partial charge on any atom is -0.345 e. The van der Waals surface area contributed by atoms with Crippen LogP contribution < -0.4 is 5.32 Å². The first kappa shape index (κ1) is 8.45. The maximum atomic E-state index is 11.1. The number of rotatable bonds is 3. The number of nitrogens with zero attached hydrogens (tertiary/aromatic N) is 1. The molecule has 0 spiro atoms. The number of amides is 1. The van der Waals surface area contributed by atoms with Crippen molar-refractivity contribution in [2.75, 3.05) is 6.54 Å². The van der Waals surface area contributed by atoms with Crippen LogP contribution in [0.5, 0.6) is 0 Å². The van der Waals surface area contributed by atoms with Crippen LogP contribution in [0.1, 0.15) is 17.3 Å². The SMILES string of the molecule is CC(=O)CNC(=O)c1cn[nH]c1. The molecule has 5 nitrogen and oxygen atoms in total. The number of aromatic nitrogens is 2. The molecule has 1 heterocycles. The molecule has 12 heavy (non-hydrogen) atoms. The average Bonchev–Trinajstić information content (AvgIpc) is 2.51. The molecule has 64 valence electrons. The molecule has 5 heteroatoms. The van der Waals surface area contributed by atoms with Crippen molar-refractivity contribution < 1.29 is 9.59 Å². The third kappa shape index (κ3) is 2.19. The van der Waals surface area contributed by atoms with Gasteiger partial charge in [-0.05, 0) is 6.92 Å². The summed E-state index contributed by atoms with van der Waals surface area (Å²) in [6.07, 6.45) is 2.87. The first-order chi connectivity index (χ1) is 5.70. The number of nitrogens with one attached hydrogen (secondary N) is 2. The number of ketones is 1. The van der Waals surface area contributed by atoms with Crippen molar-refractivity contribution in [2.24, 2.45) is 0 Å². The Morgan fingerprint density at radius 3 is 2.92 bits per heavy atom. The van der Waals surface area contributed by atoms with Crippen LogP contribution in [-0.4, -0.2) is 28.4 Å². The van der Waals surface area contributed by atoms with Crippen LogP contribution >= 0.6 is 0 Å². The van der Waals surface area contributed by atoms with Crippen molar-refractivity contribution >= 4 is 11.7 Å². The largest absolute Gasteiger partial charge is 0.345 e. The van der Waals surface area contributed by atoms with Crippen LogP contribution in [0.25, 0.3) is 0 Å². The standard InChI is InChI=1S/C7H9N3O2/c1-5(11)2-8-7(12)6-3-9-10-4-6/h3-4H,2H2,1H3,(H,8,12)(H,9,10). The Bertz CT molecular complexity index is 279. The molecule has 1 aromatic heterocycles. The highest BCUT2D eigenvalue weighted by molar-refractivity contribution is 5.95. The van der Waals surface area contributed by atoms with E-state index in [1.165, 1.54) is 19.3 Å². The van der Waals surface area contributed by atoms with Gasteiger partial charge in [-0.15, -0.1) is 0 Å². The van der Waals surface area contributed by atoms with E-state index in [0.717, 1.165) is 0 Å². The molecular formula is C7H9N3O2. The fraction of sp³-hybridized carbons (Fsp3) is 0.286. The third-order valence-corrected chi connectivity index (χ3v) is 1.26. The number of hydrogen-bond acceptors (Lipinski definition) is 3. The van der Waals surface area contributed by atoms with Crippen molar-refractivity contribution in [2.45, 2.75) is 6.92 Å². The van der Waals surface area contributed by atoms with E-state index in [1.807, 2.05) is 0 Å². The molecule has 0 aromatic carbocycles. The van der Waals surface area contributed by atoms with E-state index in [1.54, 1.807) is 0 Å². The lowest BCUT2D eigenvalue weighted by molar-refractivity contribution is -0.116. The summed E-state index contributed by atoms with van der Waals surface area (Å²) >= 11 is 0. The van der Waals surface area contributed by atoms with Gasteiger partial charge in [-0.25, -0.2) is 0 Å². The first-order valence-corrected chi connectivity index (χ1v) is 3.46. The van der Waals surface area contributed by atoms with Crippen LogP contribution in [0.2, 0.25) is 0 Å². The molecular weight excluding hydrogens is 158 g/mol. The third-order valence-electron chi connectivity index (χ3n) is 1.26. The number of carbonyl (C=O) groups is 2. The van der Waals surface area contributed by atoms with Gasteiger partial charge in [0.2, 0.25) is 0 Å². The molecule has 0 saturated heterocycles. The minimum atomic E-state index is -0.293. The van der Waals surface area contributed by atoms with Crippen molar-refractivity contribution in [3.05, 3.63) is 18.0 Å². The van der Waals surface area contributed by atoms with Crippen LogP contribution in [-0.2, 0) is 4.79 Å². The maximum Gasteiger partial charge on any atom is 0.254 e. The Kier molecular flexibility index (Phi) is 2.57. The van der Waals surface area contributed by atoms with Gasteiger partial charge in [-0.3, -0.25) is 14.7 Å². The second kappa shape index (κ2) is 3.66. The number of H-pyrrole nitrogens is 1. The van der Waals surface area contributed by atoms with E-state index in [4.69, 9.17) is 0 Å². The molecule has 0 aliphatic rings. The molecule has 0 radical (unpaired) electrons. The summed E-state index contributed by atoms with van der Waals surface area (Å²) in [5.41, 5.74) is 0.427. The maximum absolute atomic E-state index is 11.1. The molecule has 0 saturated carbocycles. The second-order valence-electron chi connectivity index (χ2n) is 2.37. The van der Waals surface area contributed by atoms with Crippen LogP contribution in [0.4, 0.5) is 0 Å². The zero-order valence-corrected chi connectivity index (χ0v) is 6.63. The number of hydrogen-bond donors (Lipinski definition) is 2. The molecule has 0 bridgehead atoms. The molecule has 0 atom stereocenters. The minimum absolute atomic E-state index is 0.0595. The predicted molar refractivity (Wildman–Crippen MR) is 41.6 cm³/mol. The quantitative estimate of drug-likeness (QED) is 0.650. The Hall–Kier alpha value is -1.65. The normalized spacial score (nSPS) is 9.42. The Labute approximate surface area is 69.2 Å². The Balaban J connectivity index is 2.45. The van der Waals surface area contributed by atoms with Gasteiger partial charge in [0.25, 0.3) is 5.91 Å². The number of aromatic amines is 1. The van der Waals surface area contributed by atoms with Gasteiger partial charge in [0.05, 0.1) is 18.3 Å². The van der Waals surface area contributed by atoms with Crippen LogP contribution in [0.15, 0.2) is 12.4 Å². The highest BCUT2D eigenvalue weighted by atomic mass is 16.2. The smallest absolute Gasteiger partial charge is 0.254 e. The fourth-order valence-electron chi connectivity index (χ4n) is 0.682. The molecule has 1 amide bonds. The highest BCUT2D eigenvalue weighted by Crippen LogP contribution is 1.91. The Morgan fingerprint density at radius 2 is 2.42 bits per heavy atom. The summed E-state index contributed by atoms with van der Waals surface area (Å²) in [6.45, 7) is 1.47. The topological polar surface area (TPSA) is 74.8 Å². The van der Waals surface area contributed by atoms with Gasteiger partial charge < -0.3 is 5.32 Å². The van der Waals surface area contributed by atoms with Gasteiger partial charge >= 0.3 is 0 Å². The van der Waals surface area contributed by atoms with Crippen LogP contribution in [0, 0.1) is 0 Å². The van der Waals surface area contributed by atoms with E-state index >= 15 is 0 Å². The molecule has 1 aromatic rings. The van der Waals surface area contributed by atoms with Gasteiger partial charge in [0, 0.05) is 6.20 Å². The molecule has 0 aliphatic heterocycles. The highest BCUT2D eigenvalue weighted by Gasteiger charge is 2.05. The van der Waals surface area contributed by atoms with Crippen molar-refractivity contribution in [3.8, 4) is 0 Å². The van der Waals surface area contributed by atoms with Gasteiger partial charge in [-0.2, -0.15) is 5.10 Å². The second-order valence-corrected chi connectivity index (χ2v) is 2.37. The molecule has 2 N–H and O–H groups in total. The molecule has 0 aliphatic carbocycles. The summed E-state index contributed by atoms with van der Waals surface area (Å²) in [4.78, 5) is 21.6. The number of Topliss-reactive ketones (excluding diaryl/α,β-unsaturated/α-hetero) is 1. The fourth-order valence-corrected chi connectivity index (χ4v) is 0.682. The number of carbonyl (C=O) groups excluding carboxylic acids is 2. The van der Waals surface area contributed by atoms with Crippen LogP contribution in [0.3, 0.4) is 0 Å². The van der Waals surface area contributed by atoms with E-state index in [2.05, 4.69) is 15.5 Å². The predicted octanol–water partition coefficient (Wildman–Crippen LogP) is -0.272. The zero-order valence-electron chi connectivity index (χ0n) is 6.63. The van der Waals surface area contributed by atoms with E-state index in [9.17, 15) is 9.59 Å². The summed E-state index contributed by atoms with van der Waals surface area (Å²) in [6, 6.07) is 0. The summed E-state index contributed by atoms with van der Waals surface area (Å²) in [7, 11) is 0.